The number of nitrogens with zero attached hydrogens (tertiary/aromatic N) is 3. The van der Waals surface area contributed by atoms with Crippen LogP contribution in [0.25, 0.3) is 0 Å². The largest absolute Gasteiger partial charge is 0.447 e. The first-order valence-electron chi connectivity index (χ1n) is 9.74. The van der Waals surface area contributed by atoms with E-state index in [2.05, 4.69) is 4.90 Å². The SMILES string of the molecule is O=S(=O)(c1ccccc1)N1CCN(Cc2ccc(S(=O)(=O)N3CCCC3)o2)CC1. The third-order valence-corrected chi connectivity index (χ3v) is 9.07. The zero-order chi connectivity index (χ0) is 20.5. The van der Waals surface area contributed by atoms with Crippen molar-refractivity contribution in [3.05, 3.63) is 48.2 Å². The van der Waals surface area contributed by atoms with E-state index in [4.69, 9.17) is 4.42 Å². The lowest BCUT2D eigenvalue weighted by atomic mass is 10.3. The minimum atomic E-state index is -3.56. The minimum Gasteiger partial charge on any atom is -0.447 e. The molecular weight excluding hydrogens is 414 g/mol. The fourth-order valence-electron chi connectivity index (χ4n) is 3.73. The van der Waals surface area contributed by atoms with Gasteiger partial charge in [0, 0.05) is 39.3 Å². The summed E-state index contributed by atoms with van der Waals surface area (Å²) < 4.78 is 59.1. The van der Waals surface area contributed by atoms with Crippen molar-refractivity contribution in [1.82, 2.24) is 13.5 Å². The summed E-state index contributed by atoms with van der Waals surface area (Å²) in [5.41, 5.74) is 0. The molecule has 1 aromatic carbocycles. The van der Waals surface area contributed by atoms with Gasteiger partial charge >= 0.3 is 0 Å². The zero-order valence-electron chi connectivity index (χ0n) is 16.1. The standard InChI is InChI=1S/C19H25N3O5S2/c23-28(24,18-6-2-1-3-7-18)22-14-12-20(13-15-22)16-17-8-9-19(27-17)29(25,26)21-10-4-5-11-21/h1-3,6-9H,4-5,10-16H2. The average molecular weight is 440 g/mol. The lowest BCUT2D eigenvalue weighted by Gasteiger charge is -2.33. The summed E-state index contributed by atoms with van der Waals surface area (Å²) in [6.45, 7) is 3.41. The number of sulfonamides is 2. The Hall–Kier alpha value is -1.72. The predicted octanol–water partition coefficient (Wildman–Crippen LogP) is 1.57. The van der Waals surface area contributed by atoms with Crippen LogP contribution in [0.4, 0.5) is 0 Å². The lowest BCUT2D eigenvalue weighted by Crippen LogP contribution is -2.48. The Balaban J connectivity index is 1.36. The maximum atomic E-state index is 12.7. The molecule has 0 saturated carbocycles. The number of hydrogen-bond donors (Lipinski definition) is 0. The quantitative estimate of drug-likeness (QED) is 0.679. The molecule has 1 aromatic heterocycles. The van der Waals surface area contributed by atoms with Gasteiger partial charge in [-0.2, -0.15) is 8.61 Å². The molecule has 0 bridgehead atoms. The van der Waals surface area contributed by atoms with Crippen LogP contribution in [0.5, 0.6) is 0 Å². The summed E-state index contributed by atoms with van der Waals surface area (Å²) in [5, 5.41) is -0.0142. The first kappa shape index (κ1) is 20.5. The van der Waals surface area contributed by atoms with Crippen molar-refractivity contribution >= 4 is 20.0 Å². The topological polar surface area (TPSA) is 91.1 Å². The van der Waals surface area contributed by atoms with Gasteiger partial charge in [0.25, 0.3) is 10.0 Å². The maximum absolute atomic E-state index is 12.7. The van der Waals surface area contributed by atoms with Gasteiger partial charge in [0.2, 0.25) is 15.1 Å². The van der Waals surface area contributed by atoms with Gasteiger partial charge in [-0.15, -0.1) is 0 Å². The molecule has 8 nitrogen and oxygen atoms in total. The molecule has 29 heavy (non-hydrogen) atoms. The number of benzene rings is 1. The molecule has 0 unspecified atom stereocenters. The van der Waals surface area contributed by atoms with E-state index in [1.54, 1.807) is 36.4 Å². The van der Waals surface area contributed by atoms with Gasteiger partial charge in [0.15, 0.2) is 0 Å². The van der Waals surface area contributed by atoms with Crippen molar-refractivity contribution < 1.29 is 21.3 Å². The van der Waals surface area contributed by atoms with Crippen molar-refractivity contribution in [3.63, 3.8) is 0 Å². The van der Waals surface area contributed by atoms with Crippen molar-refractivity contribution in [3.8, 4) is 0 Å². The van der Waals surface area contributed by atoms with Crippen molar-refractivity contribution in [2.75, 3.05) is 39.3 Å². The van der Waals surface area contributed by atoms with Crippen molar-refractivity contribution in [2.45, 2.75) is 29.4 Å². The second-order valence-corrected chi connectivity index (χ2v) is 11.1. The molecule has 0 spiro atoms. The van der Waals surface area contributed by atoms with Gasteiger partial charge in [-0.1, -0.05) is 18.2 Å². The van der Waals surface area contributed by atoms with Gasteiger partial charge < -0.3 is 4.42 Å². The van der Waals surface area contributed by atoms with Crippen LogP contribution in [0.2, 0.25) is 0 Å². The molecule has 10 heteroatoms. The second kappa shape index (κ2) is 8.19. The van der Waals surface area contributed by atoms with E-state index >= 15 is 0 Å². The summed E-state index contributed by atoms with van der Waals surface area (Å²) in [7, 11) is -7.04. The van der Waals surface area contributed by atoms with E-state index in [9.17, 15) is 16.8 Å². The molecule has 0 amide bonds. The maximum Gasteiger partial charge on any atom is 0.276 e. The Kier molecular flexibility index (Phi) is 5.80. The summed E-state index contributed by atoms with van der Waals surface area (Å²) in [4.78, 5) is 2.37. The second-order valence-electron chi connectivity index (χ2n) is 7.33. The summed E-state index contributed by atoms with van der Waals surface area (Å²) in [6, 6.07) is 11.6. The smallest absolute Gasteiger partial charge is 0.276 e. The molecule has 0 radical (unpaired) electrons. The van der Waals surface area contributed by atoms with E-state index in [1.165, 1.54) is 14.7 Å². The van der Waals surface area contributed by atoms with Crippen LogP contribution in [-0.2, 0) is 26.6 Å². The molecule has 4 rings (SSSR count). The van der Waals surface area contributed by atoms with Crippen molar-refractivity contribution in [1.29, 1.82) is 0 Å². The number of rotatable bonds is 6. The summed E-state index contributed by atoms with van der Waals surface area (Å²) in [5.74, 6) is 0.571. The van der Waals surface area contributed by atoms with E-state index in [1.807, 2.05) is 0 Å². The van der Waals surface area contributed by atoms with Gasteiger partial charge in [-0.25, -0.2) is 16.8 Å². The number of furan rings is 1. The molecule has 2 saturated heterocycles. The van der Waals surface area contributed by atoms with Crippen LogP contribution >= 0.6 is 0 Å². The number of piperazine rings is 1. The fourth-order valence-corrected chi connectivity index (χ4v) is 6.62. The Morgan fingerprint density at radius 2 is 1.34 bits per heavy atom. The van der Waals surface area contributed by atoms with Crippen LogP contribution in [-0.4, -0.2) is 69.6 Å². The molecule has 158 valence electrons. The Morgan fingerprint density at radius 3 is 2.00 bits per heavy atom. The van der Waals surface area contributed by atoms with Gasteiger partial charge in [0.1, 0.15) is 5.76 Å². The highest BCUT2D eigenvalue weighted by Crippen LogP contribution is 2.24. The van der Waals surface area contributed by atoms with E-state index < -0.39 is 20.0 Å². The first-order valence-corrected chi connectivity index (χ1v) is 12.6. The lowest BCUT2D eigenvalue weighted by molar-refractivity contribution is 0.168. The third kappa shape index (κ3) is 4.26. The summed E-state index contributed by atoms with van der Waals surface area (Å²) in [6.07, 6.45) is 1.76. The van der Waals surface area contributed by atoms with Gasteiger partial charge in [0.05, 0.1) is 11.4 Å². The highest BCUT2D eigenvalue weighted by atomic mass is 32.2. The Bertz CT molecular complexity index is 1040. The first-order chi connectivity index (χ1) is 13.9. The van der Waals surface area contributed by atoms with Crippen LogP contribution in [0.15, 0.2) is 56.9 Å². The van der Waals surface area contributed by atoms with E-state index in [-0.39, 0.29) is 5.09 Å². The van der Waals surface area contributed by atoms with Crippen LogP contribution in [0.1, 0.15) is 18.6 Å². The van der Waals surface area contributed by atoms with Gasteiger partial charge in [-0.05, 0) is 37.1 Å². The third-order valence-electron chi connectivity index (χ3n) is 5.39. The number of hydrogen-bond acceptors (Lipinski definition) is 6. The molecule has 0 aliphatic carbocycles. The molecule has 2 aliphatic rings. The molecular formula is C19H25N3O5S2. The van der Waals surface area contributed by atoms with E-state index in [0.717, 1.165) is 12.8 Å². The molecule has 2 fully saturated rings. The van der Waals surface area contributed by atoms with Crippen LogP contribution in [0.3, 0.4) is 0 Å². The molecule has 3 heterocycles. The Labute approximate surface area is 171 Å². The zero-order valence-corrected chi connectivity index (χ0v) is 17.7. The highest BCUT2D eigenvalue weighted by Gasteiger charge is 2.31. The highest BCUT2D eigenvalue weighted by molar-refractivity contribution is 7.89. The fraction of sp³-hybridized carbons (Fsp3) is 0.474. The average Bonchev–Trinajstić information content (AvgIpc) is 3.42. The Morgan fingerprint density at radius 1 is 0.724 bits per heavy atom. The molecule has 0 atom stereocenters. The normalized spacial score (nSPS) is 20.3. The summed E-state index contributed by atoms with van der Waals surface area (Å²) >= 11 is 0. The van der Waals surface area contributed by atoms with E-state index in [0.29, 0.717) is 56.5 Å². The minimum absolute atomic E-state index is 0.0142. The predicted molar refractivity (Wildman–Crippen MR) is 107 cm³/mol. The monoisotopic (exact) mass is 439 g/mol. The van der Waals surface area contributed by atoms with Crippen LogP contribution in [0, 0.1) is 0 Å². The van der Waals surface area contributed by atoms with Crippen molar-refractivity contribution in [2.24, 2.45) is 0 Å². The molecule has 2 aliphatic heterocycles. The molecule has 2 aromatic rings. The van der Waals surface area contributed by atoms with Gasteiger partial charge in [-0.3, -0.25) is 4.90 Å². The van der Waals surface area contributed by atoms with Crippen LogP contribution < -0.4 is 0 Å². The molecule has 0 N–H and O–H groups in total.